The molecule has 0 aliphatic carbocycles. The number of phenols is 1. The molecule has 0 saturated carbocycles. The van der Waals surface area contributed by atoms with Gasteiger partial charge in [-0.3, -0.25) is 0 Å². The van der Waals surface area contributed by atoms with E-state index < -0.39 is 10.8 Å². The molecule has 3 rings (SSSR count). The molecule has 0 saturated heterocycles. The van der Waals surface area contributed by atoms with Gasteiger partial charge in [0.25, 0.3) is 0 Å². The maximum atomic E-state index is 12.2. The lowest BCUT2D eigenvalue weighted by atomic mass is 10.3. The van der Waals surface area contributed by atoms with Crippen LogP contribution in [0.1, 0.15) is 0 Å². The van der Waals surface area contributed by atoms with Crippen LogP contribution in [0.3, 0.4) is 0 Å². The van der Waals surface area contributed by atoms with Gasteiger partial charge in [0.1, 0.15) is 17.2 Å². The minimum Gasteiger partial charge on any atom is -0.508 e. The van der Waals surface area contributed by atoms with Crippen LogP contribution in [0.5, 0.6) is 17.2 Å². The van der Waals surface area contributed by atoms with E-state index in [0.717, 1.165) is 0 Å². The van der Waals surface area contributed by atoms with Gasteiger partial charge >= 0.3 is 0 Å². The van der Waals surface area contributed by atoms with Crippen LogP contribution in [0.2, 0.25) is 0 Å². The summed E-state index contributed by atoms with van der Waals surface area (Å²) in [6, 6.07) is 11.8. The standard InChI is InChI=1S/C12H8O3S/c13-8-5-6-12-10(7-8)15-9-3-1-2-4-11(9)16(12)14/h1-7,13H. The monoisotopic (exact) mass is 232 g/mol. The van der Waals surface area contributed by atoms with Crippen molar-refractivity contribution in [2.45, 2.75) is 9.79 Å². The molecule has 3 nitrogen and oxygen atoms in total. The Hall–Kier alpha value is -1.81. The highest BCUT2D eigenvalue weighted by Gasteiger charge is 2.23. The normalized spacial score (nSPS) is 17.1. The molecular weight excluding hydrogens is 224 g/mol. The molecule has 0 amide bonds. The first kappa shape index (κ1) is 9.42. The summed E-state index contributed by atoms with van der Waals surface area (Å²) in [5.41, 5.74) is 0. The lowest BCUT2D eigenvalue weighted by Crippen LogP contribution is -2.04. The van der Waals surface area contributed by atoms with Gasteiger partial charge in [0.2, 0.25) is 0 Å². The molecule has 2 aromatic rings. The quantitative estimate of drug-likeness (QED) is 0.648. The molecule has 2 aromatic carbocycles. The molecule has 1 aliphatic heterocycles. The molecular formula is C12H8O3S. The van der Waals surface area contributed by atoms with Crippen molar-refractivity contribution in [1.29, 1.82) is 0 Å². The molecule has 1 aliphatic rings. The number of hydrogen-bond donors (Lipinski definition) is 1. The minimum absolute atomic E-state index is 0.107. The predicted molar refractivity (Wildman–Crippen MR) is 59.3 cm³/mol. The molecule has 16 heavy (non-hydrogen) atoms. The van der Waals surface area contributed by atoms with E-state index in [-0.39, 0.29) is 5.75 Å². The molecule has 80 valence electrons. The molecule has 0 aromatic heterocycles. The second-order valence-corrected chi connectivity index (χ2v) is 4.87. The molecule has 0 radical (unpaired) electrons. The van der Waals surface area contributed by atoms with E-state index in [9.17, 15) is 9.32 Å². The summed E-state index contributed by atoms with van der Waals surface area (Å²) in [5.74, 6) is 1.14. The fraction of sp³-hybridized carbons (Fsp3) is 0. The van der Waals surface area contributed by atoms with Crippen LogP contribution in [-0.4, -0.2) is 9.32 Å². The van der Waals surface area contributed by atoms with Gasteiger partial charge in [-0.25, -0.2) is 4.21 Å². The van der Waals surface area contributed by atoms with Crippen molar-refractivity contribution < 1.29 is 14.1 Å². The Morgan fingerprint density at radius 3 is 2.62 bits per heavy atom. The summed E-state index contributed by atoms with van der Waals surface area (Å²) >= 11 is 0. The van der Waals surface area contributed by atoms with E-state index in [4.69, 9.17) is 4.74 Å². The molecule has 1 N–H and O–H groups in total. The average Bonchev–Trinajstić information content (AvgIpc) is 2.29. The summed E-state index contributed by atoms with van der Waals surface area (Å²) in [6.07, 6.45) is 0. The largest absolute Gasteiger partial charge is 0.508 e. The van der Waals surface area contributed by atoms with Gasteiger partial charge < -0.3 is 9.84 Å². The number of fused-ring (bicyclic) bond motifs is 2. The van der Waals surface area contributed by atoms with Gasteiger partial charge in [-0.05, 0) is 24.3 Å². The van der Waals surface area contributed by atoms with E-state index in [2.05, 4.69) is 0 Å². The van der Waals surface area contributed by atoms with E-state index >= 15 is 0 Å². The SMILES string of the molecule is O=S1c2ccccc2Oc2cc(O)ccc21. The molecule has 0 spiro atoms. The predicted octanol–water partition coefficient (Wildman–Crippen LogP) is 2.66. The Labute approximate surface area is 94.8 Å². The third kappa shape index (κ3) is 1.31. The van der Waals surface area contributed by atoms with Crippen LogP contribution in [-0.2, 0) is 10.8 Å². The van der Waals surface area contributed by atoms with E-state index in [1.807, 2.05) is 12.1 Å². The van der Waals surface area contributed by atoms with Crippen molar-refractivity contribution in [3.05, 3.63) is 42.5 Å². The van der Waals surface area contributed by atoms with Gasteiger partial charge in [0, 0.05) is 6.07 Å². The zero-order valence-corrected chi connectivity index (χ0v) is 9.03. The Morgan fingerprint density at radius 1 is 1.00 bits per heavy atom. The van der Waals surface area contributed by atoms with Gasteiger partial charge in [0.05, 0.1) is 20.6 Å². The van der Waals surface area contributed by atoms with Crippen molar-refractivity contribution in [3.8, 4) is 17.2 Å². The lowest BCUT2D eigenvalue weighted by Gasteiger charge is -2.19. The van der Waals surface area contributed by atoms with Crippen molar-refractivity contribution in [3.63, 3.8) is 0 Å². The highest BCUT2D eigenvalue weighted by atomic mass is 32.2. The maximum absolute atomic E-state index is 12.2. The highest BCUT2D eigenvalue weighted by Crippen LogP contribution is 2.41. The van der Waals surface area contributed by atoms with E-state index in [1.165, 1.54) is 12.1 Å². The highest BCUT2D eigenvalue weighted by molar-refractivity contribution is 7.85. The van der Waals surface area contributed by atoms with Crippen molar-refractivity contribution >= 4 is 10.8 Å². The van der Waals surface area contributed by atoms with E-state index in [0.29, 0.717) is 21.3 Å². The first-order valence-electron chi connectivity index (χ1n) is 4.77. The number of phenolic OH excluding ortho intramolecular Hbond substituents is 1. The summed E-state index contributed by atoms with van der Waals surface area (Å²) in [6.45, 7) is 0. The Kier molecular flexibility index (Phi) is 1.97. The fourth-order valence-corrected chi connectivity index (χ4v) is 2.86. The number of para-hydroxylation sites is 1. The van der Waals surface area contributed by atoms with Crippen LogP contribution in [0, 0.1) is 0 Å². The summed E-state index contributed by atoms with van der Waals surface area (Å²) < 4.78 is 17.7. The Balaban J connectivity index is 2.22. The second-order valence-electron chi connectivity index (χ2n) is 3.45. The zero-order valence-electron chi connectivity index (χ0n) is 8.21. The number of benzene rings is 2. The topological polar surface area (TPSA) is 46.5 Å². The summed E-state index contributed by atoms with van der Waals surface area (Å²) in [5, 5.41) is 9.34. The van der Waals surface area contributed by atoms with Crippen LogP contribution >= 0.6 is 0 Å². The molecule has 4 heteroatoms. The van der Waals surface area contributed by atoms with Gasteiger partial charge in [-0.2, -0.15) is 0 Å². The molecule has 1 atom stereocenters. The van der Waals surface area contributed by atoms with Crippen LogP contribution in [0.25, 0.3) is 0 Å². The Bertz CT molecular complexity index is 593. The second kappa shape index (κ2) is 3.35. The van der Waals surface area contributed by atoms with Gasteiger partial charge in [0.15, 0.2) is 0 Å². The minimum atomic E-state index is -1.23. The number of aromatic hydroxyl groups is 1. The van der Waals surface area contributed by atoms with Gasteiger partial charge in [-0.1, -0.05) is 12.1 Å². The average molecular weight is 232 g/mol. The first-order chi connectivity index (χ1) is 7.75. The zero-order chi connectivity index (χ0) is 11.1. The fourth-order valence-electron chi connectivity index (χ4n) is 1.65. The van der Waals surface area contributed by atoms with Crippen LogP contribution < -0.4 is 4.74 Å². The van der Waals surface area contributed by atoms with Crippen molar-refractivity contribution in [2.75, 3.05) is 0 Å². The first-order valence-corrected chi connectivity index (χ1v) is 5.92. The van der Waals surface area contributed by atoms with Crippen molar-refractivity contribution in [1.82, 2.24) is 0 Å². The van der Waals surface area contributed by atoms with Crippen LogP contribution in [0.4, 0.5) is 0 Å². The molecule has 1 unspecified atom stereocenters. The van der Waals surface area contributed by atoms with Crippen LogP contribution in [0.15, 0.2) is 52.3 Å². The van der Waals surface area contributed by atoms with E-state index in [1.54, 1.807) is 18.2 Å². The number of ether oxygens (including phenoxy) is 1. The molecule has 0 bridgehead atoms. The van der Waals surface area contributed by atoms with Gasteiger partial charge in [-0.15, -0.1) is 0 Å². The van der Waals surface area contributed by atoms with Crippen molar-refractivity contribution in [2.24, 2.45) is 0 Å². The molecule has 0 fully saturated rings. The third-order valence-corrected chi connectivity index (χ3v) is 3.87. The molecule has 1 heterocycles. The lowest BCUT2D eigenvalue weighted by molar-refractivity contribution is 0.435. The number of rotatable bonds is 0. The third-order valence-electron chi connectivity index (χ3n) is 2.40. The summed E-state index contributed by atoms with van der Waals surface area (Å²) in [7, 11) is -1.23. The summed E-state index contributed by atoms with van der Waals surface area (Å²) in [4.78, 5) is 1.26. The number of hydrogen-bond acceptors (Lipinski definition) is 3. The maximum Gasteiger partial charge on any atom is 0.147 e. The smallest absolute Gasteiger partial charge is 0.147 e. The Morgan fingerprint density at radius 2 is 1.75 bits per heavy atom.